The minimum Gasteiger partial charge on any atom is -0.385 e. The quantitative estimate of drug-likeness (QED) is 0.942. The van der Waals surface area contributed by atoms with Crippen molar-refractivity contribution in [1.82, 2.24) is 4.90 Å². The molecule has 1 aliphatic heterocycles. The predicted octanol–water partition coefficient (Wildman–Crippen LogP) is 2.29. The van der Waals surface area contributed by atoms with Crippen molar-refractivity contribution in [2.75, 3.05) is 13.2 Å². The van der Waals surface area contributed by atoms with Gasteiger partial charge in [0.1, 0.15) is 11.9 Å². The lowest BCUT2D eigenvalue weighted by Crippen LogP contribution is -2.49. The van der Waals surface area contributed by atoms with Crippen molar-refractivity contribution in [3.8, 4) is 0 Å². The fourth-order valence-corrected chi connectivity index (χ4v) is 2.70. The second kappa shape index (κ2) is 6.89. The number of hydrogen-bond acceptors (Lipinski definition) is 3. The van der Waals surface area contributed by atoms with Crippen LogP contribution in [0.5, 0.6) is 0 Å². The van der Waals surface area contributed by atoms with Crippen LogP contribution in [0.1, 0.15) is 17.2 Å². The van der Waals surface area contributed by atoms with Crippen LogP contribution >= 0.6 is 0 Å². The second-order valence-corrected chi connectivity index (χ2v) is 5.54. The van der Waals surface area contributed by atoms with Crippen LogP contribution in [0.25, 0.3) is 0 Å². The Labute approximate surface area is 134 Å². The molecule has 1 heterocycles. The molecule has 2 aromatic rings. The van der Waals surface area contributed by atoms with Gasteiger partial charge >= 0.3 is 0 Å². The Hall–Kier alpha value is -2.24. The summed E-state index contributed by atoms with van der Waals surface area (Å²) < 4.78 is 18.8. The largest absolute Gasteiger partial charge is 0.385 e. The maximum Gasteiger partial charge on any atom is 0.255 e. The molecule has 0 saturated carbocycles. The highest BCUT2D eigenvalue weighted by Gasteiger charge is 2.35. The number of carbonyl (C=O) groups excluding carboxylic acids is 1. The summed E-state index contributed by atoms with van der Waals surface area (Å²) in [5.74, 6) is -0.734. The smallest absolute Gasteiger partial charge is 0.255 e. The average Bonchev–Trinajstić information content (AvgIpc) is 2.57. The van der Waals surface area contributed by atoms with Gasteiger partial charge in [-0.1, -0.05) is 42.5 Å². The number of aliphatic hydroxyl groups excluding tert-OH is 1. The van der Waals surface area contributed by atoms with Gasteiger partial charge in [0.15, 0.2) is 6.10 Å². The zero-order valence-electron chi connectivity index (χ0n) is 12.6. The molecule has 0 bridgehead atoms. The highest BCUT2D eigenvalue weighted by molar-refractivity contribution is 5.82. The third-order valence-corrected chi connectivity index (χ3v) is 3.91. The summed E-state index contributed by atoms with van der Waals surface area (Å²) in [7, 11) is 0. The van der Waals surface area contributed by atoms with Gasteiger partial charge in [0.25, 0.3) is 5.91 Å². The standard InChI is InChI=1S/C18H18FNO3/c19-15-8-4-7-14(11-15)16(21)17-18(22)20(9-10-23-17)12-13-5-2-1-3-6-13/h1-8,11,16-17,21H,9-10,12H2/t16?,17-/m0/s1. The normalized spacial score (nSPS) is 19.7. The lowest BCUT2D eigenvalue weighted by atomic mass is 10.0. The van der Waals surface area contributed by atoms with Gasteiger partial charge in [-0.25, -0.2) is 4.39 Å². The molecule has 1 saturated heterocycles. The van der Waals surface area contributed by atoms with Gasteiger partial charge in [0.2, 0.25) is 0 Å². The van der Waals surface area contributed by atoms with Gasteiger partial charge in [-0.15, -0.1) is 0 Å². The van der Waals surface area contributed by atoms with Crippen molar-refractivity contribution in [3.05, 3.63) is 71.5 Å². The molecule has 0 radical (unpaired) electrons. The number of hydrogen-bond donors (Lipinski definition) is 1. The van der Waals surface area contributed by atoms with Crippen LogP contribution in [0.15, 0.2) is 54.6 Å². The highest BCUT2D eigenvalue weighted by Crippen LogP contribution is 2.24. The van der Waals surface area contributed by atoms with E-state index >= 15 is 0 Å². The lowest BCUT2D eigenvalue weighted by Gasteiger charge is -2.34. The first-order valence-electron chi connectivity index (χ1n) is 7.53. The Morgan fingerprint density at radius 1 is 1.22 bits per heavy atom. The van der Waals surface area contributed by atoms with Gasteiger partial charge in [0.05, 0.1) is 6.61 Å². The molecule has 5 heteroatoms. The highest BCUT2D eigenvalue weighted by atomic mass is 19.1. The molecule has 0 aromatic heterocycles. The summed E-state index contributed by atoms with van der Waals surface area (Å²) in [6.45, 7) is 1.28. The monoisotopic (exact) mass is 315 g/mol. The molecule has 0 spiro atoms. The Kier molecular flexibility index (Phi) is 4.69. The van der Waals surface area contributed by atoms with E-state index in [-0.39, 0.29) is 5.91 Å². The van der Waals surface area contributed by atoms with Crippen LogP contribution in [-0.2, 0) is 16.1 Å². The SMILES string of the molecule is O=C1[C@H](C(O)c2cccc(F)c2)OCCN1Cc1ccccc1. The Balaban J connectivity index is 1.74. The van der Waals surface area contributed by atoms with Gasteiger partial charge in [-0.05, 0) is 23.3 Å². The number of nitrogens with zero attached hydrogens (tertiary/aromatic N) is 1. The molecular weight excluding hydrogens is 297 g/mol. The minimum atomic E-state index is -1.18. The molecule has 1 aliphatic rings. The fraction of sp³-hybridized carbons (Fsp3) is 0.278. The first-order valence-corrected chi connectivity index (χ1v) is 7.53. The van der Waals surface area contributed by atoms with Crippen molar-refractivity contribution in [2.24, 2.45) is 0 Å². The van der Waals surface area contributed by atoms with Crippen LogP contribution < -0.4 is 0 Å². The number of halogens is 1. The second-order valence-electron chi connectivity index (χ2n) is 5.54. The number of ether oxygens (including phenoxy) is 1. The molecule has 1 amide bonds. The van der Waals surface area contributed by atoms with E-state index in [0.717, 1.165) is 5.56 Å². The maximum absolute atomic E-state index is 13.3. The van der Waals surface area contributed by atoms with Crippen molar-refractivity contribution in [3.63, 3.8) is 0 Å². The Morgan fingerprint density at radius 2 is 2.00 bits per heavy atom. The molecule has 3 rings (SSSR count). The van der Waals surface area contributed by atoms with E-state index < -0.39 is 18.0 Å². The van der Waals surface area contributed by atoms with E-state index in [4.69, 9.17) is 4.74 Å². The fourth-order valence-electron chi connectivity index (χ4n) is 2.70. The zero-order chi connectivity index (χ0) is 16.2. The summed E-state index contributed by atoms with van der Waals surface area (Å²) in [6, 6.07) is 15.2. The van der Waals surface area contributed by atoms with Gasteiger partial charge in [-0.2, -0.15) is 0 Å². The van der Waals surface area contributed by atoms with Gasteiger partial charge < -0.3 is 14.7 Å². The summed E-state index contributed by atoms with van der Waals surface area (Å²) in [5, 5.41) is 10.4. The minimum absolute atomic E-state index is 0.281. The van der Waals surface area contributed by atoms with E-state index in [9.17, 15) is 14.3 Å². The average molecular weight is 315 g/mol. The summed E-state index contributed by atoms with van der Waals surface area (Å²) in [6.07, 6.45) is -2.19. The van der Waals surface area contributed by atoms with Crippen LogP contribution in [0, 0.1) is 5.82 Å². The van der Waals surface area contributed by atoms with Gasteiger partial charge in [-0.3, -0.25) is 4.79 Å². The zero-order valence-corrected chi connectivity index (χ0v) is 12.6. The Bertz CT molecular complexity index is 677. The van der Waals surface area contributed by atoms with Gasteiger partial charge in [0, 0.05) is 13.1 Å². The van der Waals surface area contributed by atoms with E-state index in [2.05, 4.69) is 0 Å². The number of morpholine rings is 1. The number of benzene rings is 2. The Morgan fingerprint density at radius 3 is 2.74 bits per heavy atom. The molecule has 4 nitrogen and oxygen atoms in total. The van der Waals surface area contributed by atoms with E-state index in [0.29, 0.717) is 25.3 Å². The van der Waals surface area contributed by atoms with Crippen LogP contribution in [0.4, 0.5) is 4.39 Å². The van der Waals surface area contributed by atoms with Crippen LogP contribution in [0.2, 0.25) is 0 Å². The molecule has 2 atom stereocenters. The van der Waals surface area contributed by atoms with E-state index in [1.54, 1.807) is 11.0 Å². The topological polar surface area (TPSA) is 49.8 Å². The molecule has 1 N–H and O–H groups in total. The molecule has 0 aliphatic carbocycles. The lowest BCUT2D eigenvalue weighted by molar-refractivity contribution is -0.164. The summed E-state index contributed by atoms with van der Waals surface area (Å²) in [5.41, 5.74) is 1.35. The predicted molar refractivity (Wildman–Crippen MR) is 83.0 cm³/mol. The number of rotatable bonds is 4. The van der Waals surface area contributed by atoms with Crippen molar-refractivity contribution in [2.45, 2.75) is 18.8 Å². The maximum atomic E-state index is 13.3. The molecule has 1 unspecified atom stereocenters. The summed E-state index contributed by atoms with van der Waals surface area (Å²) in [4.78, 5) is 14.2. The molecule has 120 valence electrons. The summed E-state index contributed by atoms with van der Waals surface area (Å²) >= 11 is 0. The third-order valence-electron chi connectivity index (χ3n) is 3.91. The number of carbonyl (C=O) groups is 1. The van der Waals surface area contributed by atoms with Crippen molar-refractivity contribution >= 4 is 5.91 Å². The first kappa shape index (κ1) is 15.6. The van der Waals surface area contributed by atoms with E-state index in [1.165, 1.54) is 18.2 Å². The van der Waals surface area contributed by atoms with E-state index in [1.807, 2.05) is 30.3 Å². The van der Waals surface area contributed by atoms with Crippen molar-refractivity contribution < 1.29 is 19.0 Å². The molecule has 23 heavy (non-hydrogen) atoms. The molecular formula is C18H18FNO3. The van der Waals surface area contributed by atoms with Crippen molar-refractivity contribution in [1.29, 1.82) is 0 Å². The first-order chi connectivity index (χ1) is 11.1. The van der Waals surface area contributed by atoms with Crippen LogP contribution in [-0.4, -0.2) is 35.2 Å². The number of aliphatic hydroxyl groups is 1. The van der Waals surface area contributed by atoms with Crippen LogP contribution in [0.3, 0.4) is 0 Å². The molecule has 1 fully saturated rings. The number of amides is 1. The molecule has 2 aromatic carbocycles. The third kappa shape index (κ3) is 3.57.